The van der Waals surface area contributed by atoms with E-state index in [2.05, 4.69) is 26.2 Å². The van der Waals surface area contributed by atoms with E-state index in [0.29, 0.717) is 25.1 Å². The molecule has 0 aliphatic carbocycles. The molecular weight excluding hydrogens is 376 g/mol. The van der Waals surface area contributed by atoms with Crippen molar-refractivity contribution < 1.29 is 14.7 Å². The van der Waals surface area contributed by atoms with Gasteiger partial charge in [0.1, 0.15) is 5.54 Å². The number of hydrogen-bond acceptors (Lipinski definition) is 4. The molecule has 8 heteroatoms. The van der Waals surface area contributed by atoms with E-state index >= 15 is 0 Å². The Kier molecular flexibility index (Phi) is 4.16. The molecule has 1 atom stereocenters. The molecule has 1 aliphatic heterocycles. The van der Waals surface area contributed by atoms with Crippen molar-refractivity contribution in [2.75, 3.05) is 6.54 Å². The van der Waals surface area contributed by atoms with Gasteiger partial charge in [-0.2, -0.15) is 0 Å². The molecule has 1 aliphatic rings. The van der Waals surface area contributed by atoms with Crippen molar-refractivity contribution in [1.29, 1.82) is 0 Å². The van der Waals surface area contributed by atoms with Crippen LogP contribution in [0.15, 0.2) is 28.7 Å². The van der Waals surface area contributed by atoms with Gasteiger partial charge in [0.2, 0.25) is 0 Å². The predicted octanol–water partition coefficient (Wildman–Crippen LogP) is 2.42. The van der Waals surface area contributed by atoms with Crippen LogP contribution in [-0.2, 0) is 4.79 Å². The number of aromatic nitrogens is 3. The van der Waals surface area contributed by atoms with Gasteiger partial charge in [-0.05, 0) is 44.9 Å². The van der Waals surface area contributed by atoms with Crippen LogP contribution in [-0.4, -0.2) is 49.0 Å². The molecular formula is C16H17BrN4O3. The van der Waals surface area contributed by atoms with Crippen molar-refractivity contribution in [3.63, 3.8) is 0 Å². The molecule has 0 radical (unpaired) electrons. The molecule has 0 spiro atoms. The Balaban J connectivity index is 1.97. The molecule has 0 bridgehead atoms. The highest BCUT2D eigenvalue weighted by Crippen LogP contribution is 2.31. The Morgan fingerprint density at radius 1 is 1.38 bits per heavy atom. The van der Waals surface area contributed by atoms with Gasteiger partial charge >= 0.3 is 5.97 Å². The minimum atomic E-state index is -1.19. The van der Waals surface area contributed by atoms with Gasteiger partial charge in [-0.25, -0.2) is 9.48 Å². The molecule has 126 valence electrons. The zero-order valence-corrected chi connectivity index (χ0v) is 14.9. The monoisotopic (exact) mass is 392 g/mol. The van der Waals surface area contributed by atoms with Gasteiger partial charge < -0.3 is 10.0 Å². The van der Waals surface area contributed by atoms with E-state index in [1.54, 1.807) is 18.5 Å². The first-order valence-electron chi connectivity index (χ1n) is 7.58. The van der Waals surface area contributed by atoms with Crippen molar-refractivity contribution in [1.82, 2.24) is 19.9 Å². The van der Waals surface area contributed by atoms with E-state index in [-0.39, 0.29) is 5.69 Å². The lowest BCUT2D eigenvalue weighted by Crippen LogP contribution is -2.51. The van der Waals surface area contributed by atoms with Gasteiger partial charge in [-0.3, -0.25) is 4.79 Å². The second-order valence-corrected chi connectivity index (χ2v) is 6.97. The summed E-state index contributed by atoms with van der Waals surface area (Å²) in [7, 11) is 0. The maximum atomic E-state index is 12.8. The lowest BCUT2D eigenvalue weighted by molar-refractivity contribution is -0.147. The smallest absolute Gasteiger partial charge is 0.329 e. The van der Waals surface area contributed by atoms with Gasteiger partial charge in [0.15, 0.2) is 5.69 Å². The Labute approximate surface area is 147 Å². The number of nitrogens with zero attached hydrogens (tertiary/aromatic N) is 4. The highest BCUT2D eigenvalue weighted by molar-refractivity contribution is 9.10. The van der Waals surface area contributed by atoms with E-state index in [0.717, 1.165) is 10.2 Å². The summed E-state index contributed by atoms with van der Waals surface area (Å²) >= 11 is 3.40. The van der Waals surface area contributed by atoms with Crippen LogP contribution in [0.3, 0.4) is 0 Å². The summed E-state index contributed by atoms with van der Waals surface area (Å²) in [6.45, 7) is 3.74. The third-order valence-corrected chi connectivity index (χ3v) is 4.99. The number of carboxylic acid groups (broad SMARTS) is 1. The van der Waals surface area contributed by atoms with E-state index < -0.39 is 17.4 Å². The van der Waals surface area contributed by atoms with Crippen LogP contribution in [0.25, 0.3) is 5.69 Å². The Morgan fingerprint density at radius 3 is 2.79 bits per heavy atom. The maximum Gasteiger partial charge on any atom is 0.329 e. The molecule has 1 aromatic carbocycles. The van der Waals surface area contributed by atoms with Gasteiger partial charge in [0.25, 0.3) is 5.91 Å². The third kappa shape index (κ3) is 2.60. The van der Waals surface area contributed by atoms with Crippen LogP contribution >= 0.6 is 15.9 Å². The molecule has 2 aromatic rings. The molecule has 1 unspecified atom stereocenters. The van der Waals surface area contributed by atoms with Crippen molar-refractivity contribution in [2.45, 2.75) is 32.2 Å². The second-order valence-electron chi connectivity index (χ2n) is 6.05. The number of rotatable bonds is 3. The number of carbonyl (C=O) groups excluding carboxylic acids is 1. The first kappa shape index (κ1) is 16.6. The van der Waals surface area contributed by atoms with Crippen LogP contribution in [0.4, 0.5) is 0 Å². The number of hydrogen-bond donors (Lipinski definition) is 1. The SMILES string of the molecule is Cc1c(C(=O)N2CCCC2(C)C(=O)O)nnn1-c1cccc(Br)c1. The number of halogens is 1. The first-order valence-corrected chi connectivity index (χ1v) is 8.37. The fourth-order valence-electron chi connectivity index (χ4n) is 3.02. The molecule has 3 rings (SSSR count). The fraction of sp³-hybridized carbons (Fsp3) is 0.375. The molecule has 1 fully saturated rings. The number of benzene rings is 1. The molecule has 24 heavy (non-hydrogen) atoms. The number of aliphatic carboxylic acids is 1. The highest BCUT2D eigenvalue weighted by atomic mass is 79.9. The number of carboxylic acids is 1. The normalized spacial score (nSPS) is 20.4. The van der Waals surface area contributed by atoms with Crippen molar-refractivity contribution >= 4 is 27.8 Å². The Morgan fingerprint density at radius 2 is 2.12 bits per heavy atom. The summed E-state index contributed by atoms with van der Waals surface area (Å²) in [6.07, 6.45) is 1.10. The van der Waals surface area contributed by atoms with Crippen molar-refractivity contribution in [2.24, 2.45) is 0 Å². The highest BCUT2D eigenvalue weighted by Gasteiger charge is 2.47. The van der Waals surface area contributed by atoms with Gasteiger partial charge in [0, 0.05) is 11.0 Å². The Bertz CT molecular complexity index is 819. The Hall–Kier alpha value is -2.22. The zero-order valence-electron chi connectivity index (χ0n) is 13.4. The van der Waals surface area contributed by atoms with Crippen LogP contribution in [0.2, 0.25) is 0 Å². The number of carbonyl (C=O) groups is 2. The second kappa shape index (κ2) is 6.01. The first-order chi connectivity index (χ1) is 11.3. The molecule has 1 saturated heterocycles. The lowest BCUT2D eigenvalue weighted by Gasteiger charge is -2.30. The van der Waals surface area contributed by atoms with E-state index in [1.165, 1.54) is 4.90 Å². The average molecular weight is 393 g/mol. The molecule has 1 aromatic heterocycles. The zero-order chi connectivity index (χ0) is 17.5. The summed E-state index contributed by atoms with van der Waals surface area (Å²) in [4.78, 5) is 25.8. The summed E-state index contributed by atoms with van der Waals surface area (Å²) in [6, 6.07) is 7.49. The molecule has 7 nitrogen and oxygen atoms in total. The average Bonchev–Trinajstić information content (AvgIpc) is 3.11. The quantitative estimate of drug-likeness (QED) is 0.866. The van der Waals surface area contributed by atoms with Gasteiger partial charge in [0.05, 0.1) is 11.4 Å². The molecule has 0 saturated carbocycles. The summed E-state index contributed by atoms with van der Waals surface area (Å²) in [5.41, 5.74) is 0.348. The topological polar surface area (TPSA) is 88.3 Å². The van der Waals surface area contributed by atoms with Crippen LogP contribution < -0.4 is 0 Å². The van der Waals surface area contributed by atoms with Crippen molar-refractivity contribution in [3.05, 3.63) is 40.1 Å². The molecule has 1 N–H and O–H groups in total. The molecule has 1 amide bonds. The van der Waals surface area contributed by atoms with Crippen LogP contribution in [0.1, 0.15) is 35.9 Å². The van der Waals surface area contributed by atoms with Crippen LogP contribution in [0.5, 0.6) is 0 Å². The van der Waals surface area contributed by atoms with Gasteiger partial charge in [-0.15, -0.1) is 5.10 Å². The van der Waals surface area contributed by atoms with E-state index in [9.17, 15) is 14.7 Å². The maximum absolute atomic E-state index is 12.8. The summed E-state index contributed by atoms with van der Waals surface area (Å²) in [5, 5.41) is 17.5. The van der Waals surface area contributed by atoms with Crippen molar-refractivity contribution in [3.8, 4) is 5.69 Å². The minimum absolute atomic E-state index is 0.185. The lowest BCUT2D eigenvalue weighted by atomic mass is 9.99. The standard InChI is InChI=1S/C16H17BrN4O3/c1-10-13(14(22)20-8-4-7-16(20,2)15(23)24)18-19-21(10)12-6-3-5-11(17)9-12/h3,5-6,9H,4,7-8H2,1-2H3,(H,23,24). The summed E-state index contributed by atoms with van der Waals surface area (Å²) < 4.78 is 2.47. The van der Waals surface area contributed by atoms with Crippen LogP contribution in [0, 0.1) is 6.92 Å². The predicted molar refractivity (Wildman–Crippen MR) is 90.1 cm³/mol. The third-order valence-electron chi connectivity index (χ3n) is 4.50. The van der Waals surface area contributed by atoms with E-state index in [1.807, 2.05) is 24.3 Å². The van der Waals surface area contributed by atoms with E-state index in [4.69, 9.17) is 0 Å². The number of amides is 1. The summed E-state index contributed by atoms with van der Waals surface area (Å²) in [5.74, 6) is -1.39. The molecule has 2 heterocycles. The van der Waals surface area contributed by atoms with Gasteiger partial charge in [-0.1, -0.05) is 27.2 Å². The number of likely N-dealkylation sites (tertiary alicyclic amines) is 1. The largest absolute Gasteiger partial charge is 0.480 e. The minimum Gasteiger partial charge on any atom is -0.480 e. The fourth-order valence-corrected chi connectivity index (χ4v) is 3.41.